The van der Waals surface area contributed by atoms with Gasteiger partial charge in [-0.1, -0.05) is 24.3 Å². The fraction of sp³-hybridized carbons (Fsp3) is 0. The second kappa shape index (κ2) is 5.41. The summed E-state index contributed by atoms with van der Waals surface area (Å²) in [6.07, 6.45) is 0. The average Bonchev–Trinajstić information content (AvgIpc) is 2.30. The largest absolute Gasteiger partial charge is 0.478 e. The highest BCUT2D eigenvalue weighted by molar-refractivity contribution is 7.59. The van der Waals surface area contributed by atoms with Crippen LogP contribution < -0.4 is 5.73 Å². The predicted octanol–water partition coefficient (Wildman–Crippen LogP) is 2.75. The lowest BCUT2D eigenvalue weighted by Gasteiger charge is -2.02. The van der Waals surface area contributed by atoms with Gasteiger partial charge in [0, 0.05) is 5.69 Å². The van der Waals surface area contributed by atoms with Crippen molar-refractivity contribution in [2.45, 2.75) is 0 Å². The van der Waals surface area contributed by atoms with E-state index in [-0.39, 0.29) is 13.5 Å². The van der Waals surface area contributed by atoms with Crippen molar-refractivity contribution in [2.75, 3.05) is 5.73 Å². The molecule has 0 saturated heterocycles. The van der Waals surface area contributed by atoms with Gasteiger partial charge >= 0.3 is 5.97 Å². The highest BCUT2D eigenvalue weighted by atomic mass is 32.1. The Bertz CT molecular complexity index is 506. The van der Waals surface area contributed by atoms with E-state index < -0.39 is 5.97 Å². The maximum absolute atomic E-state index is 10.7. The van der Waals surface area contributed by atoms with Crippen LogP contribution in [0.2, 0.25) is 0 Å². The molecule has 0 saturated carbocycles. The fourth-order valence-electron chi connectivity index (χ4n) is 1.48. The minimum atomic E-state index is -0.913. The van der Waals surface area contributed by atoms with Gasteiger partial charge in [-0.2, -0.15) is 13.5 Å². The first-order valence-corrected chi connectivity index (χ1v) is 4.86. The molecule has 88 valence electrons. The first kappa shape index (κ1) is 13.1. The lowest BCUT2D eigenvalue weighted by Crippen LogP contribution is -1.94. The molecule has 0 aliphatic carbocycles. The van der Waals surface area contributed by atoms with Crippen LogP contribution >= 0.6 is 13.5 Å². The highest BCUT2D eigenvalue weighted by Crippen LogP contribution is 2.20. The van der Waals surface area contributed by atoms with Crippen molar-refractivity contribution in [3.63, 3.8) is 0 Å². The normalized spacial score (nSPS) is 9.41. The quantitative estimate of drug-likeness (QED) is 0.802. The maximum atomic E-state index is 10.7. The van der Waals surface area contributed by atoms with Crippen molar-refractivity contribution in [1.82, 2.24) is 0 Å². The number of carbonyl (C=O) groups is 1. The Labute approximate surface area is 106 Å². The summed E-state index contributed by atoms with van der Waals surface area (Å²) in [5, 5.41) is 8.77. The van der Waals surface area contributed by atoms with Gasteiger partial charge in [-0.25, -0.2) is 4.79 Å². The van der Waals surface area contributed by atoms with Gasteiger partial charge < -0.3 is 10.8 Å². The van der Waals surface area contributed by atoms with Crippen LogP contribution in [-0.2, 0) is 0 Å². The van der Waals surface area contributed by atoms with Gasteiger partial charge in [0.05, 0.1) is 5.56 Å². The van der Waals surface area contributed by atoms with E-state index in [4.69, 9.17) is 10.8 Å². The SMILES string of the molecule is Nc1ccc(-c2ccc(C(=O)O)cc2)cc1.S. The number of hydrogen-bond donors (Lipinski definition) is 2. The molecule has 2 aromatic rings. The van der Waals surface area contributed by atoms with E-state index in [9.17, 15) is 4.79 Å². The molecule has 4 heteroatoms. The monoisotopic (exact) mass is 247 g/mol. The van der Waals surface area contributed by atoms with Crippen molar-refractivity contribution in [3.05, 3.63) is 54.1 Å². The van der Waals surface area contributed by atoms with E-state index in [1.807, 2.05) is 24.3 Å². The van der Waals surface area contributed by atoms with E-state index in [1.165, 1.54) is 0 Å². The zero-order chi connectivity index (χ0) is 11.5. The second-order valence-electron chi connectivity index (χ2n) is 3.50. The van der Waals surface area contributed by atoms with Gasteiger partial charge in [0.15, 0.2) is 0 Å². The predicted molar refractivity (Wildman–Crippen MR) is 73.6 cm³/mol. The van der Waals surface area contributed by atoms with Crippen LogP contribution in [0.1, 0.15) is 10.4 Å². The molecule has 0 spiro atoms. The number of carboxylic acid groups (broad SMARTS) is 1. The molecule has 0 aromatic heterocycles. The molecule has 0 heterocycles. The van der Waals surface area contributed by atoms with E-state index in [0.29, 0.717) is 11.3 Å². The van der Waals surface area contributed by atoms with E-state index in [0.717, 1.165) is 11.1 Å². The molecule has 3 nitrogen and oxygen atoms in total. The molecule has 0 unspecified atom stereocenters. The number of benzene rings is 2. The average molecular weight is 247 g/mol. The first-order valence-electron chi connectivity index (χ1n) is 4.86. The lowest BCUT2D eigenvalue weighted by molar-refractivity contribution is 0.0697. The molecular formula is C13H13NO2S. The zero-order valence-corrected chi connectivity index (χ0v) is 10.1. The van der Waals surface area contributed by atoms with Crippen molar-refractivity contribution in [3.8, 4) is 11.1 Å². The smallest absolute Gasteiger partial charge is 0.335 e. The van der Waals surface area contributed by atoms with Crippen molar-refractivity contribution in [2.24, 2.45) is 0 Å². The third-order valence-electron chi connectivity index (χ3n) is 2.38. The molecule has 0 atom stereocenters. The van der Waals surface area contributed by atoms with Gasteiger partial charge in [0.1, 0.15) is 0 Å². The number of aromatic carboxylic acids is 1. The molecule has 2 aromatic carbocycles. The Morgan fingerprint density at radius 1 is 0.882 bits per heavy atom. The van der Waals surface area contributed by atoms with Gasteiger partial charge in [-0.15, -0.1) is 0 Å². The number of carboxylic acids is 1. The zero-order valence-electron chi connectivity index (χ0n) is 9.05. The number of nitrogen functional groups attached to an aromatic ring is 1. The molecular weight excluding hydrogens is 234 g/mol. The summed E-state index contributed by atoms with van der Waals surface area (Å²) in [7, 11) is 0. The molecule has 0 aliphatic rings. The fourth-order valence-corrected chi connectivity index (χ4v) is 1.48. The summed E-state index contributed by atoms with van der Waals surface area (Å²) in [5.74, 6) is -0.913. The van der Waals surface area contributed by atoms with Crippen LogP contribution in [0.4, 0.5) is 5.69 Å². The van der Waals surface area contributed by atoms with Crippen LogP contribution in [0, 0.1) is 0 Å². The van der Waals surface area contributed by atoms with Crippen molar-refractivity contribution < 1.29 is 9.90 Å². The Morgan fingerprint density at radius 3 is 1.71 bits per heavy atom. The van der Waals surface area contributed by atoms with Gasteiger partial charge in [-0.3, -0.25) is 0 Å². The molecule has 0 amide bonds. The van der Waals surface area contributed by atoms with Crippen LogP contribution in [0.3, 0.4) is 0 Å². The van der Waals surface area contributed by atoms with Gasteiger partial charge in [-0.05, 0) is 35.4 Å². The van der Waals surface area contributed by atoms with E-state index >= 15 is 0 Å². The molecule has 0 radical (unpaired) electrons. The number of rotatable bonds is 2. The van der Waals surface area contributed by atoms with Crippen LogP contribution in [0.5, 0.6) is 0 Å². The molecule has 0 bridgehead atoms. The van der Waals surface area contributed by atoms with E-state index in [2.05, 4.69) is 0 Å². The number of nitrogens with two attached hydrogens (primary N) is 1. The Morgan fingerprint density at radius 2 is 1.29 bits per heavy atom. The number of hydrogen-bond acceptors (Lipinski definition) is 2. The summed E-state index contributed by atoms with van der Waals surface area (Å²) in [5.41, 5.74) is 8.59. The standard InChI is InChI=1S/C13H11NO2.H2S/c14-12-7-5-10(6-8-12)9-1-3-11(4-2-9)13(15)16;/h1-8H,14H2,(H,15,16);1H2. The third-order valence-corrected chi connectivity index (χ3v) is 2.38. The molecule has 2 rings (SSSR count). The Hall–Kier alpha value is -1.94. The van der Waals surface area contributed by atoms with E-state index in [1.54, 1.807) is 24.3 Å². The summed E-state index contributed by atoms with van der Waals surface area (Å²) >= 11 is 0. The minimum absolute atomic E-state index is 0. The topological polar surface area (TPSA) is 63.3 Å². The summed E-state index contributed by atoms with van der Waals surface area (Å²) in [6.45, 7) is 0. The van der Waals surface area contributed by atoms with Crippen molar-refractivity contribution in [1.29, 1.82) is 0 Å². The molecule has 17 heavy (non-hydrogen) atoms. The van der Waals surface area contributed by atoms with Crippen molar-refractivity contribution >= 4 is 25.2 Å². The van der Waals surface area contributed by atoms with Crippen LogP contribution in [0.15, 0.2) is 48.5 Å². The maximum Gasteiger partial charge on any atom is 0.335 e. The molecule has 0 aliphatic heterocycles. The summed E-state index contributed by atoms with van der Waals surface area (Å²) in [4.78, 5) is 10.7. The summed E-state index contributed by atoms with van der Waals surface area (Å²) in [6, 6.07) is 14.2. The molecule has 0 fully saturated rings. The Balaban J connectivity index is 0.00000144. The van der Waals surface area contributed by atoms with Gasteiger partial charge in [0.2, 0.25) is 0 Å². The third kappa shape index (κ3) is 3.01. The Kier molecular flexibility index (Phi) is 4.17. The first-order chi connectivity index (χ1) is 7.66. The lowest BCUT2D eigenvalue weighted by atomic mass is 10.0. The van der Waals surface area contributed by atoms with Crippen LogP contribution in [-0.4, -0.2) is 11.1 Å². The second-order valence-corrected chi connectivity index (χ2v) is 3.50. The van der Waals surface area contributed by atoms with Crippen LogP contribution in [0.25, 0.3) is 11.1 Å². The minimum Gasteiger partial charge on any atom is -0.478 e. The molecule has 3 N–H and O–H groups in total. The number of anilines is 1. The van der Waals surface area contributed by atoms with Gasteiger partial charge in [0.25, 0.3) is 0 Å². The summed E-state index contributed by atoms with van der Waals surface area (Å²) < 4.78 is 0. The highest BCUT2D eigenvalue weighted by Gasteiger charge is 2.02.